The van der Waals surface area contributed by atoms with Crippen LogP contribution < -0.4 is 42.5 Å². The predicted octanol–water partition coefficient (Wildman–Crippen LogP) is 3.15. The zero-order valence-electron chi connectivity index (χ0n) is 55.5. The molecule has 0 aromatic heterocycles. The molecule has 2 fully saturated rings. The summed E-state index contributed by atoms with van der Waals surface area (Å²) in [6.07, 6.45) is 20.3. The zero-order chi connectivity index (χ0) is 66.8. The lowest BCUT2D eigenvalue weighted by Gasteiger charge is -2.19. The molecule has 30 heteroatoms. The number of amides is 8. The molecule has 0 aromatic carbocycles. The summed E-state index contributed by atoms with van der Waals surface area (Å²) in [5.74, 6) is 0.172. The SMILES string of the molecule is O=C(CCCC[C@@H]1SC[C@@H]2NC(=O)N[C@@H]21)NCCOCCOCCOCCOCCC(=O)NC(COCCC(=O)NCCOCCOCCOCCNC(=O)OC1CC/C=C/CCC1)COCCC(=O)NCCOCCOCCOCCNC(=O)OC1CC/C=C/CCC1. The summed E-state index contributed by atoms with van der Waals surface area (Å²) in [4.78, 5) is 85.9. The Morgan fingerprint density at radius 1 is 0.415 bits per heavy atom. The summed E-state index contributed by atoms with van der Waals surface area (Å²) in [7, 11) is 0. The first-order valence-corrected chi connectivity index (χ1v) is 35.1. The molecule has 4 aliphatic rings. The summed E-state index contributed by atoms with van der Waals surface area (Å²) >= 11 is 1.88. The maximum atomic E-state index is 13.0. The van der Waals surface area contributed by atoms with Crippen LogP contribution in [0.25, 0.3) is 0 Å². The maximum absolute atomic E-state index is 13.0. The van der Waals surface area contributed by atoms with Crippen LogP contribution in [0.15, 0.2) is 24.3 Å². The lowest BCUT2D eigenvalue weighted by atomic mass is 10.0. The van der Waals surface area contributed by atoms with Gasteiger partial charge in [-0.2, -0.15) is 11.8 Å². The quantitative estimate of drug-likeness (QED) is 0.0246. The van der Waals surface area contributed by atoms with E-state index in [0.29, 0.717) is 163 Å². The van der Waals surface area contributed by atoms with Gasteiger partial charge in [-0.3, -0.25) is 19.2 Å². The van der Waals surface area contributed by atoms with Crippen LogP contribution in [0, 0.1) is 0 Å². The number of carbonyl (C=O) groups is 7. The third-order valence-corrected chi connectivity index (χ3v) is 16.3. The molecule has 2 aliphatic carbocycles. The highest BCUT2D eigenvalue weighted by Gasteiger charge is 2.42. The minimum atomic E-state index is -0.575. The van der Waals surface area contributed by atoms with E-state index in [4.69, 9.17) is 66.3 Å². The first-order chi connectivity index (χ1) is 46.1. The Kier molecular flexibility index (Phi) is 49.5. The Hall–Kier alpha value is -4.96. The van der Waals surface area contributed by atoms with Crippen molar-refractivity contribution in [2.45, 2.75) is 145 Å². The van der Waals surface area contributed by atoms with E-state index in [1.807, 2.05) is 11.8 Å². The van der Waals surface area contributed by atoms with Crippen molar-refractivity contribution in [3.8, 4) is 0 Å². The molecule has 0 saturated carbocycles. The fourth-order valence-electron chi connectivity index (χ4n) is 9.87. The minimum Gasteiger partial charge on any atom is -0.446 e. The Morgan fingerprint density at radius 3 is 1.23 bits per heavy atom. The van der Waals surface area contributed by atoms with Gasteiger partial charge in [0.25, 0.3) is 0 Å². The number of hydrogen-bond acceptors (Lipinski definition) is 22. The molecule has 0 radical (unpaired) electrons. The van der Waals surface area contributed by atoms with Gasteiger partial charge < -0.3 is 109 Å². The summed E-state index contributed by atoms with van der Waals surface area (Å²) in [5.41, 5.74) is 0. The van der Waals surface area contributed by atoms with Crippen molar-refractivity contribution in [2.75, 3.05) is 197 Å². The van der Waals surface area contributed by atoms with E-state index >= 15 is 0 Å². The van der Waals surface area contributed by atoms with Crippen molar-refractivity contribution < 1.29 is 99.9 Å². The Balaban J connectivity index is 0.961. The number of nitrogens with one attached hydrogen (secondary N) is 8. The van der Waals surface area contributed by atoms with Gasteiger partial charge in [0, 0.05) is 69.4 Å². The number of hydrogen-bond donors (Lipinski definition) is 8. The van der Waals surface area contributed by atoms with Gasteiger partial charge in [0.05, 0.1) is 177 Å². The molecular formula is C64H112N8O21S. The molecule has 2 saturated heterocycles. The second-order valence-electron chi connectivity index (χ2n) is 22.6. The molecule has 0 bridgehead atoms. The van der Waals surface area contributed by atoms with E-state index in [2.05, 4.69) is 66.8 Å². The van der Waals surface area contributed by atoms with Crippen LogP contribution in [-0.4, -0.2) is 274 Å². The first kappa shape index (κ1) is 81.5. The van der Waals surface area contributed by atoms with Crippen LogP contribution in [-0.2, 0) is 85.5 Å². The van der Waals surface area contributed by atoms with Gasteiger partial charge in [0.1, 0.15) is 12.2 Å². The molecule has 29 nitrogen and oxygen atoms in total. The second-order valence-corrected chi connectivity index (χ2v) is 23.8. The topological polar surface area (TPSA) is 345 Å². The predicted molar refractivity (Wildman–Crippen MR) is 350 cm³/mol. The van der Waals surface area contributed by atoms with Crippen LogP contribution in [0.4, 0.5) is 14.4 Å². The summed E-state index contributed by atoms with van der Waals surface area (Å²) in [6, 6.07) is -0.265. The van der Waals surface area contributed by atoms with Crippen LogP contribution in [0.1, 0.15) is 109 Å². The van der Waals surface area contributed by atoms with Crippen molar-refractivity contribution in [1.82, 2.24) is 42.5 Å². The van der Waals surface area contributed by atoms with Crippen molar-refractivity contribution in [3.05, 3.63) is 24.3 Å². The monoisotopic (exact) mass is 1360 g/mol. The van der Waals surface area contributed by atoms with E-state index in [1.165, 1.54) is 0 Å². The van der Waals surface area contributed by atoms with E-state index in [0.717, 1.165) is 89.2 Å². The van der Waals surface area contributed by atoms with Crippen molar-refractivity contribution in [3.63, 3.8) is 0 Å². The zero-order valence-corrected chi connectivity index (χ0v) is 56.3. The molecule has 2 heterocycles. The summed E-state index contributed by atoms with van der Waals surface area (Å²) in [6.45, 7) is 8.69. The van der Waals surface area contributed by atoms with Crippen molar-refractivity contribution in [2.24, 2.45) is 0 Å². The van der Waals surface area contributed by atoms with E-state index in [-0.39, 0.29) is 113 Å². The molecule has 2 unspecified atom stereocenters. The van der Waals surface area contributed by atoms with Gasteiger partial charge in [0.15, 0.2) is 0 Å². The van der Waals surface area contributed by atoms with Gasteiger partial charge in [-0.15, -0.1) is 0 Å². The van der Waals surface area contributed by atoms with E-state index in [9.17, 15) is 33.6 Å². The summed E-state index contributed by atoms with van der Waals surface area (Å²) in [5, 5.41) is 23.2. The molecule has 94 heavy (non-hydrogen) atoms. The number of unbranched alkanes of at least 4 members (excludes halogenated alkanes) is 1. The fourth-order valence-corrected chi connectivity index (χ4v) is 11.4. The lowest BCUT2D eigenvalue weighted by molar-refractivity contribution is -0.126. The van der Waals surface area contributed by atoms with Crippen LogP contribution >= 0.6 is 11.8 Å². The lowest BCUT2D eigenvalue weighted by Crippen LogP contribution is -2.42. The highest BCUT2D eigenvalue weighted by Crippen LogP contribution is 2.33. The molecule has 5 atom stereocenters. The fraction of sp³-hybridized carbons (Fsp3) is 0.828. The van der Waals surface area contributed by atoms with Gasteiger partial charge in [-0.1, -0.05) is 30.7 Å². The average molecular weight is 1360 g/mol. The number of carbonyl (C=O) groups excluding carboxylic acids is 7. The number of allylic oxidation sites excluding steroid dienone is 4. The Labute approximate surface area is 560 Å². The minimum absolute atomic E-state index is 0.00107. The van der Waals surface area contributed by atoms with E-state index < -0.39 is 18.2 Å². The molecule has 8 N–H and O–H groups in total. The number of fused-ring (bicyclic) bond motifs is 1. The van der Waals surface area contributed by atoms with Gasteiger partial charge in [-0.25, -0.2) is 14.4 Å². The maximum Gasteiger partial charge on any atom is 0.407 e. The number of alkyl carbamates (subject to hydrolysis) is 2. The second kappa shape index (κ2) is 57.1. The Morgan fingerprint density at radius 2 is 0.787 bits per heavy atom. The number of ether oxygens (including phenoxy) is 14. The first-order valence-electron chi connectivity index (χ1n) is 34.0. The number of thioether (sulfide) groups is 1. The highest BCUT2D eigenvalue weighted by atomic mass is 32.2. The molecule has 0 spiro atoms. The molecule has 8 amide bonds. The van der Waals surface area contributed by atoms with Gasteiger partial charge >= 0.3 is 18.2 Å². The Bertz CT molecular complexity index is 1990. The van der Waals surface area contributed by atoms with Crippen molar-refractivity contribution in [1.29, 1.82) is 0 Å². The van der Waals surface area contributed by atoms with Crippen LogP contribution in [0.5, 0.6) is 0 Å². The molecule has 0 aromatic rings. The van der Waals surface area contributed by atoms with Crippen LogP contribution in [0.3, 0.4) is 0 Å². The normalized spacial score (nSPS) is 19.6. The van der Waals surface area contributed by atoms with Gasteiger partial charge in [-0.05, 0) is 77.0 Å². The molecule has 2 aliphatic heterocycles. The largest absolute Gasteiger partial charge is 0.446 e. The smallest absolute Gasteiger partial charge is 0.407 e. The third-order valence-electron chi connectivity index (χ3n) is 14.8. The highest BCUT2D eigenvalue weighted by molar-refractivity contribution is 8.00. The molecular weight excluding hydrogens is 1250 g/mol. The standard InChI is InChI=1S/C64H112N8O21S/c73-57(18-12-11-17-56-61-55(51-94-56)71-62(77)72-61)65-22-30-81-38-44-89-48-47-86-41-35-80-27-21-60(76)70-52(49-90-28-19-58(74)66-23-31-82-36-42-87-45-39-84-33-25-68-63(78)92-53-13-7-3-1-4-8-14-53)50-91-29-20-59(75)67-24-32-83-37-43-88-46-40-85-34-26-69-64(79)93-54-15-9-5-2-6-10-16-54/h1-3,5,52-56,61H,4,6-51H2,(H,65,73)(H,66,74)(H,67,75)(H,68,78)(H,69,79)(H,70,76)(H2,71,72,77)/b3-1+,5-2+/t52?,53?,54?,55-,56-,61-/m0/s1. The average Bonchev–Trinajstić information content (AvgIpc) is 1.68. The molecule has 540 valence electrons. The number of rotatable bonds is 57. The summed E-state index contributed by atoms with van der Waals surface area (Å²) < 4.78 is 78.1. The molecule has 4 rings (SSSR count). The number of urea groups is 1. The third kappa shape index (κ3) is 45.5. The van der Waals surface area contributed by atoms with Gasteiger partial charge in [0.2, 0.25) is 23.6 Å². The van der Waals surface area contributed by atoms with E-state index in [1.54, 1.807) is 0 Å². The van der Waals surface area contributed by atoms with Crippen LogP contribution in [0.2, 0.25) is 0 Å². The van der Waals surface area contributed by atoms with Crippen molar-refractivity contribution >= 4 is 53.6 Å².